The molecule has 0 saturated carbocycles. The molecule has 0 fully saturated rings. The molecule has 0 aliphatic carbocycles. The van der Waals surface area contributed by atoms with Crippen LogP contribution in [0.3, 0.4) is 0 Å². The van der Waals surface area contributed by atoms with Crippen LogP contribution >= 0.6 is 0 Å². The van der Waals surface area contributed by atoms with Crippen LogP contribution in [0.15, 0.2) is 24.3 Å². The molecule has 1 aromatic carbocycles. The first-order valence-corrected chi connectivity index (χ1v) is 5.24. The maximum atomic E-state index is 10.5. The Bertz CT molecular complexity index is 364. The fourth-order valence-corrected chi connectivity index (χ4v) is 1.47. The molecule has 0 aliphatic rings. The first-order valence-electron chi connectivity index (χ1n) is 5.24. The molecule has 4 nitrogen and oxygen atoms in total. The van der Waals surface area contributed by atoms with Crippen molar-refractivity contribution in [3.05, 3.63) is 24.3 Å². The SMILES string of the molecule is CC(CC(=O)O)Nc1cccc(N(C)C)c1. The molecule has 0 heterocycles. The van der Waals surface area contributed by atoms with Crippen LogP contribution < -0.4 is 10.2 Å². The maximum absolute atomic E-state index is 10.5. The van der Waals surface area contributed by atoms with Gasteiger partial charge in [-0.3, -0.25) is 4.79 Å². The number of aliphatic carboxylic acids is 1. The van der Waals surface area contributed by atoms with E-state index in [1.54, 1.807) is 0 Å². The highest BCUT2D eigenvalue weighted by molar-refractivity contribution is 5.68. The molecule has 1 rings (SSSR count). The van der Waals surface area contributed by atoms with E-state index in [1.807, 2.05) is 50.2 Å². The molecule has 0 spiro atoms. The molecule has 1 unspecified atom stereocenters. The molecule has 0 bridgehead atoms. The van der Waals surface area contributed by atoms with Crippen LogP contribution in [-0.2, 0) is 4.79 Å². The van der Waals surface area contributed by atoms with Gasteiger partial charge in [0.15, 0.2) is 0 Å². The van der Waals surface area contributed by atoms with E-state index in [2.05, 4.69) is 5.32 Å². The number of nitrogens with one attached hydrogen (secondary N) is 1. The van der Waals surface area contributed by atoms with Gasteiger partial charge in [0, 0.05) is 31.5 Å². The summed E-state index contributed by atoms with van der Waals surface area (Å²) in [7, 11) is 3.94. The molecule has 0 saturated heterocycles. The second kappa shape index (κ2) is 5.39. The van der Waals surface area contributed by atoms with Gasteiger partial charge in [0.25, 0.3) is 0 Å². The number of benzene rings is 1. The van der Waals surface area contributed by atoms with Crippen LogP contribution in [-0.4, -0.2) is 31.2 Å². The lowest BCUT2D eigenvalue weighted by molar-refractivity contribution is -0.137. The molecular weight excluding hydrogens is 204 g/mol. The zero-order chi connectivity index (χ0) is 12.1. The minimum Gasteiger partial charge on any atom is -0.481 e. The van der Waals surface area contributed by atoms with Gasteiger partial charge in [0.2, 0.25) is 0 Å². The predicted molar refractivity (Wildman–Crippen MR) is 66.1 cm³/mol. The average Bonchev–Trinajstić information content (AvgIpc) is 2.16. The molecule has 1 aromatic rings. The van der Waals surface area contributed by atoms with Crippen LogP contribution in [0.25, 0.3) is 0 Å². The minimum atomic E-state index is -0.788. The van der Waals surface area contributed by atoms with Gasteiger partial charge in [-0.05, 0) is 25.1 Å². The summed E-state index contributed by atoms with van der Waals surface area (Å²) in [5.41, 5.74) is 2.03. The lowest BCUT2D eigenvalue weighted by atomic mass is 10.2. The van der Waals surface area contributed by atoms with Crippen molar-refractivity contribution in [1.29, 1.82) is 0 Å². The van der Waals surface area contributed by atoms with E-state index in [-0.39, 0.29) is 12.5 Å². The summed E-state index contributed by atoms with van der Waals surface area (Å²) < 4.78 is 0. The highest BCUT2D eigenvalue weighted by atomic mass is 16.4. The molecule has 2 N–H and O–H groups in total. The van der Waals surface area contributed by atoms with Crippen molar-refractivity contribution in [3.63, 3.8) is 0 Å². The largest absolute Gasteiger partial charge is 0.481 e. The van der Waals surface area contributed by atoms with Gasteiger partial charge in [0.1, 0.15) is 0 Å². The summed E-state index contributed by atoms with van der Waals surface area (Å²) in [6.45, 7) is 1.86. The van der Waals surface area contributed by atoms with E-state index in [0.29, 0.717) is 0 Å². The molecule has 4 heteroatoms. The van der Waals surface area contributed by atoms with E-state index >= 15 is 0 Å². The lowest BCUT2D eigenvalue weighted by Crippen LogP contribution is -2.19. The van der Waals surface area contributed by atoms with Gasteiger partial charge in [-0.1, -0.05) is 6.07 Å². The molecule has 0 aromatic heterocycles. The Kier molecular flexibility index (Phi) is 4.17. The summed E-state index contributed by atoms with van der Waals surface area (Å²) in [6, 6.07) is 7.82. The fourth-order valence-electron chi connectivity index (χ4n) is 1.47. The third-order valence-electron chi connectivity index (χ3n) is 2.26. The highest BCUT2D eigenvalue weighted by Crippen LogP contribution is 2.18. The van der Waals surface area contributed by atoms with Crippen molar-refractivity contribution in [3.8, 4) is 0 Å². The standard InChI is InChI=1S/C12H18N2O2/c1-9(7-12(15)16)13-10-5-4-6-11(8-10)14(2)3/h4-6,8-9,13H,7H2,1-3H3,(H,15,16). The number of nitrogens with zero attached hydrogens (tertiary/aromatic N) is 1. The topological polar surface area (TPSA) is 52.6 Å². The van der Waals surface area contributed by atoms with Gasteiger partial charge in [0.05, 0.1) is 6.42 Å². The van der Waals surface area contributed by atoms with Crippen molar-refractivity contribution in [2.24, 2.45) is 0 Å². The quantitative estimate of drug-likeness (QED) is 0.800. The number of rotatable bonds is 5. The van der Waals surface area contributed by atoms with Gasteiger partial charge < -0.3 is 15.3 Å². The van der Waals surface area contributed by atoms with Gasteiger partial charge in [-0.2, -0.15) is 0 Å². The zero-order valence-corrected chi connectivity index (χ0v) is 9.90. The smallest absolute Gasteiger partial charge is 0.305 e. The van der Waals surface area contributed by atoms with Crippen molar-refractivity contribution in [2.45, 2.75) is 19.4 Å². The van der Waals surface area contributed by atoms with Gasteiger partial charge >= 0.3 is 5.97 Å². The van der Waals surface area contributed by atoms with Crippen LogP contribution in [0.5, 0.6) is 0 Å². The first-order chi connectivity index (χ1) is 7.49. The molecule has 0 radical (unpaired) electrons. The fraction of sp³-hybridized carbons (Fsp3) is 0.417. The summed E-state index contributed by atoms with van der Waals surface area (Å²) in [4.78, 5) is 12.5. The Labute approximate surface area is 95.9 Å². The molecule has 1 atom stereocenters. The van der Waals surface area contributed by atoms with Gasteiger partial charge in [-0.15, -0.1) is 0 Å². The van der Waals surface area contributed by atoms with E-state index < -0.39 is 5.97 Å². The molecule has 0 aliphatic heterocycles. The number of carboxylic acid groups (broad SMARTS) is 1. The molecule has 88 valence electrons. The second-order valence-electron chi connectivity index (χ2n) is 4.09. The normalized spacial score (nSPS) is 11.9. The van der Waals surface area contributed by atoms with Crippen molar-refractivity contribution in [2.75, 3.05) is 24.3 Å². The third kappa shape index (κ3) is 3.81. The summed E-state index contributed by atoms with van der Waals surface area (Å²) in [5, 5.41) is 11.8. The lowest BCUT2D eigenvalue weighted by Gasteiger charge is -2.17. The molecule has 16 heavy (non-hydrogen) atoms. The van der Waals surface area contributed by atoms with Crippen molar-refractivity contribution >= 4 is 17.3 Å². The highest BCUT2D eigenvalue weighted by Gasteiger charge is 2.07. The number of carbonyl (C=O) groups is 1. The summed E-state index contributed by atoms with van der Waals surface area (Å²) in [6.07, 6.45) is 0.117. The van der Waals surface area contributed by atoms with Gasteiger partial charge in [-0.25, -0.2) is 0 Å². The summed E-state index contributed by atoms with van der Waals surface area (Å²) in [5.74, 6) is -0.788. The number of hydrogen-bond acceptors (Lipinski definition) is 3. The molecule has 0 amide bonds. The monoisotopic (exact) mass is 222 g/mol. The van der Waals surface area contributed by atoms with Crippen LogP contribution in [0.4, 0.5) is 11.4 Å². The van der Waals surface area contributed by atoms with E-state index in [0.717, 1.165) is 11.4 Å². The maximum Gasteiger partial charge on any atom is 0.305 e. The van der Waals surface area contributed by atoms with Crippen molar-refractivity contribution < 1.29 is 9.90 Å². The summed E-state index contributed by atoms with van der Waals surface area (Å²) >= 11 is 0. The average molecular weight is 222 g/mol. The molecular formula is C12H18N2O2. The van der Waals surface area contributed by atoms with Crippen LogP contribution in [0, 0.1) is 0 Å². The number of anilines is 2. The Morgan fingerprint density at radius 3 is 2.75 bits per heavy atom. The number of hydrogen-bond donors (Lipinski definition) is 2. The second-order valence-corrected chi connectivity index (χ2v) is 4.09. The minimum absolute atomic E-state index is 0.0742. The Morgan fingerprint density at radius 1 is 1.50 bits per heavy atom. The zero-order valence-electron chi connectivity index (χ0n) is 9.90. The van der Waals surface area contributed by atoms with Crippen LogP contribution in [0.2, 0.25) is 0 Å². The van der Waals surface area contributed by atoms with Crippen molar-refractivity contribution in [1.82, 2.24) is 0 Å². The number of carboxylic acids is 1. The Balaban J connectivity index is 2.66. The Morgan fingerprint density at radius 2 is 2.19 bits per heavy atom. The predicted octanol–water partition coefficient (Wildman–Crippen LogP) is 2.03. The first kappa shape index (κ1) is 12.4. The van der Waals surface area contributed by atoms with E-state index in [4.69, 9.17) is 5.11 Å². The van der Waals surface area contributed by atoms with Crippen LogP contribution in [0.1, 0.15) is 13.3 Å². The third-order valence-corrected chi connectivity index (χ3v) is 2.26. The van der Waals surface area contributed by atoms with E-state index in [9.17, 15) is 4.79 Å². The Hall–Kier alpha value is -1.71. The van der Waals surface area contributed by atoms with E-state index in [1.165, 1.54) is 0 Å².